The zero-order chi connectivity index (χ0) is 12.4. The summed E-state index contributed by atoms with van der Waals surface area (Å²) < 4.78 is 2.03. The number of fused-ring (bicyclic) bond motifs is 1. The summed E-state index contributed by atoms with van der Waals surface area (Å²) in [5.74, 6) is 0. The molecule has 3 heterocycles. The van der Waals surface area contributed by atoms with E-state index in [4.69, 9.17) is 0 Å². The number of aliphatic hydroxyl groups excluding tert-OH is 1. The molecule has 0 fully saturated rings. The fourth-order valence-electron chi connectivity index (χ4n) is 2.48. The molecule has 0 radical (unpaired) electrons. The van der Waals surface area contributed by atoms with Gasteiger partial charge in [-0.05, 0) is 12.5 Å². The lowest BCUT2D eigenvalue weighted by atomic mass is 10.1. The second-order valence-electron chi connectivity index (χ2n) is 4.68. The first-order valence-corrected chi connectivity index (χ1v) is 6.20. The Labute approximate surface area is 105 Å². The molecule has 0 saturated carbocycles. The van der Waals surface area contributed by atoms with Crippen LogP contribution in [0.25, 0.3) is 0 Å². The summed E-state index contributed by atoms with van der Waals surface area (Å²) in [4.78, 5) is 2.28. The lowest BCUT2D eigenvalue weighted by molar-refractivity contribution is 0.108. The minimum absolute atomic E-state index is 0.182. The molecule has 0 saturated heterocycles. The number of H-pyrrole nitrogens is 1. The van der Waals surface area contributed by atoms with Gasteiger partial charge in [0.2, 0.25) is 0 Å². The van der Waals surface area contributed by atoms with E-state index in [1.54, 1.807) is 0 Å². The third-order valence-corrected chi connectivity index (χ3v) is 3.51. The Balaban J connectivity index is 1.80. The van der Waals surface area contributed by atoms with E-state index in [2.05, 4.69) is 20.2 Å². The molecule has 3 rings (SSSR count). The topological polar surface area (TPSA) is 70.0 Å². The summed E-state index contributed by atoms with van der Waals surface area (Å²) in [6.07, 6.45) is 6.49. The maximum absolute atomic E-state index is 9.54. The second-order valence-corrected chi connectivity index (χ2v) is 4.68. The number of aliphatic hydroxyl groups is 1. The van der Waals surface area contributed by atoms with Gasteiger partial charge in [0.25, 0.3) is 0 Å². The minimum atomic E-state index is 0.182. The van der Waals surface area contributed by atoms with Gasteiger partial charge < -0.3 is 5.11 Å². The molecule has 0 bridgehead atoms. The lowest BCUT2D eigenvalue weighted by Gasteiger charge is -2.27. The van der Waals surface area contributed by atoms with Gasteiger partial charge in [-0.1, -0.05) is 0 Å². The van der Waals surface area contributed by atoms with Gasteiger partial charge in [0.15, 0.2) is 0 Å². The summed E-state index contributed by atoms with van der Waals surface area (Å²) in [5, 5.41) is 20.6. The van der Waals surface area contributed by atoms with E-state index in [9.17, 15) is 5.11 Å². The molecule has 0 aliphatic carbocycles. The first-order chi connectivity index (χ1) is 8.86. The Hall–Kier alpha value is -1.66. The zero-order valence-electron chi connectivity index (χ0n) is 10.2. The lowest BCUT2D eigenvalue weighted by Crippen LogP contribution is -2.36. The number of rotatable bonds is 3. The summed E-state index contributed by atoms with van der Waals surface area (Å²) >= 11 is 0. The summed E-state index contributed by atoms with van der Waals surface area (Å²) in [6, 6.07) is 2.23. The average Bonchev–Trinajstić information content (AvgIpc) is 3.00. The molecule has 0 unspecified atom stereocenters. The van der Waals surface area contributed by atoms with Crippen LogP contribution in [0.4, 0.5) is 0 Å². The Bertz CT molecular complexity index is 492. The fourth-order valence-corrected chi connectivity index (χ4v) is 2.48. The van der Waals surface area contributed by atoms with Crippen LogP contribution in [-0.4, -0.2) is 42.6 Å². The van der Waals surface area contributed by atoms with Gasteiger partial charge in [-0.3, -0.25) is 14.7 Å². The molecule has 1 aliphatic heterocycles. The number of aromatic amines is 1. The van der Waals surface area contributed by atoms with Crippen molar-refractivity contribution in [2.24, 2.45) is 0 Å². The largest absolute Gasteiger partial charge is 0.395 e. The monoisotopic (exact) mass is 247 g/mol. The zero-order valence-corrected chi connectivity index (χ0v) is 10.2. The van der Waals surface area contributed by atoms with Crippen LogP contribution in [-0.2, 0) is 19.6 Å². The molecule has 18 heavy (non-hydrogen) atoms. The molecular formula is C12H17N5O. The number of aryl methyl sites for hydroxylation is 1. The van der Waals surface area contributed by atoms with Crippen molar-refractivity contribution < 1.29 is 5.11 Å². The number of nitrogens with one attached hydrogen (secondary N) is 1. The quantitative estimate of drug-likeness (QED) is 0.822. The van der Waals surface area contributed by atoms with Crippen molar-refractivity contribution >= 4 is 0 Å². The van der Waals surface area contributed by atoms with Crippen molar-refractivity contribution in [1.29, 1.82) is 0 Å². The third kappa shape index (κ3) is 2.16. The molecule has 0 aromatic carbocycles. The summed E-state index contributed by atoms with van der Waals surface area (Å²) in [6.45, 7) is 2.67. The Morgan fingerprint density at radius 1 is 1.50 bits per heavy atom. The number of aromatic nitrogens is 4. The maximum atomic E-state index is 9.54. The van der Waals surface area contributed by atoms with Crippen LogP contribution < -0.4 is 0 Å². The Morgan fingerprint density at radius 2 is 2.44 bits per heavy atom. The normalized spacial score (nSPS) is 20.6. The van der Waals surface area contributed by atoms with Crippen molar-refractivity contribution in [3.05, 3.63) is 35.9 Å². The van der Waals surface area contributed by atoms with Gasteiger partial charge in [-0.2, -0.15) is 10.2 Å². The van der Waals surface area contributed by atoms with Crippen LogP contribution in [0.15, 0.2) is 24.7 Å². The number of hydrogen-bond acceptors (Lipinski definition) is 4. The third-order valence-electron chi connectivity index (χ3n) is 3.51. The highest BCUT2D eigenvalue weighted by molar-refractivity contribution is 5.06. The first kappa shape index (κ1) is 11.4. The van der Waals surface area contributed by atoms with Crippen LogP contribution in [0.1, 0.15) is 17.7 Å². The van der Waals surface area contributed by atoms with E-state index in [0.29, 0.717) is 0 Å². The molecule has 2 N–H and O–H groups in total. The summed E-state index contributed by atoms with van der Waals surface area (Å²) in [7, 11) is 0. The van der Waals surface area contributed by atoms with Gasteiger partial charge >= 0.3 is 0 Å². The molecule has 0 spiro atoms. The Morgan fingerprint density at radius 3 is 3.22 bits per heavy atom. The second kappa shape index (κ2) is 4.91. The van der Waals surface area contributed by atoms with E-state index in [1.165, 1.54) is 5.69 Å². The molecule has 1 atom stereocenters. The molecule has 2 aromatic heterocycles. The SMILES string of the molecule is OC[C@H]1CCn2nccc2CN1Cc1cn[nH]c1. The van der Waals surface area contributed by atoms with Crippen molar-refractivity contribution in [3.63, 3.8) is 0 Å². The van der Waals surface area contributed by atoms with Gasteiger partial charge in [0.1, 0.15) is 0 Å². The standard InChI is InChI=1S/C12H17N5O/c18-9-12-2-4-17-11(1-3-15-17)8-16(12)7-10-5-13-14-6-10/h1,3,5-6,12,18H,2,4,7-9H2,(H,13,14)/t12-/m1/s1. The molecular weight excluding hydrogens is 230 g/mol. The van der Waals surface area contributed by atoms with Gasteiger partial charge in [0.05, 0.1) is 18.5 Å². The summed E-state index contributed by atoms with van der Waals surface area (Å²) in [5.41, 5.74) is 2.34. The van der Waals surface area contributed by atoms with Gasteiger partial charge in [0, 0.05) is 43.6 Å². The smallest absolute Gasteiger partial charge is 0.0587 e. The van der Waals surface area contributed by atoms with E-state index < -0.39 is 0 Å². The van der Waals surface area contributed by atoms with Crippen molar-refractivity contribution in [2.45, 2.75) is 32.1 Å². The van der Waals surface area contributed by atoms with Crippen LogP contribution in [0.5, 0.6) is 0 Å². The molecule has 2 aromatic rings. The molecule has 0 amide bonds. The predicted octanol–water partition coefficient (Wildman–Crippen LogP) is 0.373. The van der Waals surface area contributed by atoms with Gasteiger partial charge in [-0.15, -0.1) is 0 Å². The average molecular weight is 247 g/mol. The molecule has 6 nitrogen and oxygen atoms in total. The van der Waals surface area contributed by atoms with Crippen molar-refractivity contribution in [2.75, 3.05) is 6.61 Å². The van der Waals surface area contributed by atoms with Crippen LogP contribution in [0.2, 0.25) is 0 Å². The number of hydrogen-bond donors (Lipinski definition) is 2. The minimum Gasteiger partial charge on any atom is -0.395 e. The molecule has 96 valence electrons. The van der Waals surface area contributed by atoms with Crippen LogP contribution in [0, 0.1) is 0 Å². The van der Waals surface area contributed by atoms with Gasteiger partial charge in [-0.25, -0.2) is 0 Å². The van der Waals surface area contributed by atoms with Crippen LogP contribution >= 0.6 is 0 Å². The first-order valence-electron chi connectivity index (χ1n) is 6.20. The highest BCUT2D eigenvalue weighted by Crippen LogP contribution is 2.19. The highest BCUT2D eigenvalue weighted by atomic mass is 16.3. The van der Waals surface area contributed by atoms with E-state index in [-0.39, 0.29) is 12.6 Å². The van der Waals surface area contributed by atoms with E-state index in [0.717, 1.165) is 31.6 Å². The van der Waals surface area contributed by atoms with E-state index in [1.807, 2.05) is 29.3 Å². The highest BCUT2D eigenvalue weighted by Gasteiger charge is 2.23. The fraction of sp³-hybridized carbons (Fsp3) is 0.500. The predicted molar refractivity (Wildman–Crippen MR) is 65.6 cm³/mol. The van der Waals surface area contributed by atoms with Crippen molar-refractivity contribution in [1.82, 2.24) is 24.9 Å². The van der Waals surface area contributed by atoms with Crippen molar-refractivity contribution in [3.8, 4) is 0 Å². The molecule has 1 aliphatic rings. The molecule has 6 heteroatoms. The van der Waals surface area contributed by atoms with E-state index >= 15 is 0 Å². The van der Waals surface area contributed by atoms with Crippen LogP contribution in [0.3, 0.4) is 0 Å². The number of nitrogens with zero attached hydrogens (tertiary/aromatic N) is 4. The Kier molecular flexibility index (Phi) is 3.12. The maximum Gasteiger partial charge on any atom is 0.0587 e.